The normalized spacial score (nSPS) is 19.2. The Balaban J connectivity index is 2.15. The molecule has 1 aliphatic rings. The second-order valence-corrected chi connectivity index (χ2v) is 5.45. The molecule has 0 bridgehead atoms. The number of hydrogen-bond acceptors (Lipinski definition) is 4. The lowest BCUT2D eigenvalue weighted by atomic mass is 10.0. The van der Waals surface area contributed by atoms with Crippen molar-refractivity contribution in [3.05, 3.63) is 35.3 Å². The quantitative estimate of drug-likeness (QED) is 0.921. The molecule has 0 saturated carbocycles. The van der Waals surface area contributed by atoms with Crippen LogP contribution in [0.3, 0.4) is 0 Å². The van der Waals surface area contributed by atoms with Gasteiger partial charge in [-0.15, -0.1) is 0 Å². The Hall–Kier alpha value is -1.72. The topological polar surface area (TPSA) is 45.6 Å². The van der Waals surface area contributed by atoms with E-state index in [1.165, 1.54) is 12.1 Å². The first kappa shape index (κ1) is 14.2. The Bertz CT molecular complexity index is 675. The molecule has 1 atom stereocenters. The van der Waals surface area contributed by atoms with Gasteiger partial charge in [0.25, 0.3) is 0 Å². The van der Waals surface area contributed by atoms with Gasteiger partial charge in [0.05, 0.1) is 30.5 Å². The van der Waals surface area contributed by atoms with Gasteiger partial charge in [-0.05, 0) is 37.6 Å². The van der Waals surface area contributed by atoms with Crippen LogP contribution in [0.2, 0.25) is 0 Å². The number of ether oxygens (including phenoxy) is 1. The number of halogens is 1. The van der Waals surface area contributed by atoms with Crippen LogP contribution in [0.5, 0.6) is 0 Å². The zero-order valence-corrected chi connectivity index (χ0v) is 12.3. The number of rotatable bonds is 2. The zero-order valence-electron chi connectivity index (χ0n) is 12.3. The van der Waals surface area contributed by atoms with Gasteiger partial charge in [-0.25, -0.2) is 4.39 Å². The number of pyridine rings is 1. The molecule has 1 aromatic carbocycles. The second kappa shape index (κ2) is 5.58. The molecule has 0 amide bonds. The third-order valence-corrected chi connectivity index (χ3v) is 4.06. The van der Waals surface area contributed by atoms with Crippen LogP contribution in [0.25, 0.3) is 10.9 Å². The van der Waals surface area contributed by atoms with E-state index in [2.05, 4.69) is 9.88 Å². The van der Waals surface area contributed by atoms with Crippen molar-refractivity contribution < 1.29 is 14.2 Å². The molecule has 21 heavy (non-hydrogen) atoms. The average Bonchev–Trinajstić information content (AvgIpc) is 2.49. The van der Waals surface area contributed by atoms with E-state index in [0.717, 1.165) is 34.4 Å². The standard InChI is InChI=1S/C16H19FN2O2/c1-10-11(2)18-15-4-3-12(17)7-14(15)16(10)19-5-6-21-13(8-19)9-20/h3-4,7,13,20H,5-6,8-9H2,1-2H3/t13-/m0/s1. The lowest BCUT2D eigenvalue weighted by molar-refractivity contribution is 0.00360. The minimum Gasteiger partial charge on any atom is -0.394 e. The van der Waals surface area contributed by atoms with Crippen LogP contribution < -0.4 is 4.90 Å². The second-order valence-electron chi connectivity index (χ2n) is 5.45. The van der Waals surface area contributed by atoms with Crippen molar-refractivity contribution in [2.24, 2.45) is 0 Å². The van der Waals surface area contributed by atoms with Crippen LogP contribution in [0.15, 0.2) is 18.2 Å². The van der Waals surface area contributed by atoms with E-state index < -0.39 is 0 Å². The molecule has 4 nitrogen and oxygen atoms in total. The number of hydrogen-bond donors (Lipinski definition) is 1. The van der Waals surface area contributed by atoms with E-state index >= 15 is 0 Å². The van der Waals surface area contributed by atoms with E-state index in [9.17, 15) is 9.50 Å². The number of aliphatic hydroxyl groups excluding tert-OH is 1. The highest BCUT2D eigenvalue weighted by Crippen LogP contribution is 2.32. The van der Waals surface area contributed by atoms with Crippen molar-refractivity contribution >= 4 is 16.6 Å². The van der Waals surface area contributed by atoms with E-state index in [-0.39, 0.29) is 18.5 Å². The van der Waals surface area contributed by atoms with Crippen molar-refractivity contribution in [2.45, 2.75) is 20.0 Å². The fourth-order valence-electron chi connectivity index (χ4n) is 2.87. The van der Waals surface area contributed by atoms with Gasteiger partial charge in [-0.3, -0.25) is 4.98 Å². The number of fused-ring (bicyclic) bond motifs is 1. The number of aliphatic hydroxyl groups is 1. The molecule has 1 N–H and O–H groups in total. The molecule has 0 spiro atoms. The summed E-state index contributed by atoms with van der Waals surface area (Å²) in [5, 5.41) is 10.1. The van der Waals surface area contributed by atoms with Crippen molar-refractivity contribution in [3.63, 3.8) is 0 Å². The van der Waals surface area contributed by atoms with Gasteiger partial charge in [0.2, 0.25) is 0 Å². The van der Waals surface area contributed by atoms with Gasteiger partial charge in [-0.2, -0.15) is 0 Å². The minimum atomic E-state index is -0.263. The van der Waals surface area contributed by atoms with Crippen LogP contribution in [0, 0.1) is 19.7 Å². The van der Waals surface area contributed by atoms with Crippen molar-refractivity contribution in [2.75, 3.05) is 31.2 Å². The highest BCUT2D eigenvalue weighted by molar-refractivity contribution is 5.94. The van der Waals surface area contributed by atoms with Gasteiger partial charge >= 0.3 is 0 Å². The predicted molar refractivity (Wildman–Crippen MR) is 80.2 cm³/mol. The summed E-state index contributed by atoms with van der Waals surface area (Å²) in [6.45, 7) is 5.85. The lowest BCUT2D eigenvalue weighted by Gasteiger charge is -2.35. The first-order chi connectivity index (χ1) is 10.1. The summed E-state index contributed by atoms with van der Waals surface area (Å²) in [6.07, 6.45) is -0.199. The molecule has 1 aliphatic heterocycles. The molecule has 112 valence electrons. The summed E-state index contributed by atoms with van der Waals surface area (Å²) in [7, 11) is 0. The monoisotopic (exact) mass is 290 g/mol. The molecule has 1 saturated heterocycles. The van der Waals surface area contributed by atoms with Gasteiger partial charge in [0.15, 0.2) is 0 Å². The van der Waals surface area contributed by atoms with E-state index in [4.69, 9.17) is 4.74 Å². The Morgan fingerprint density at radius 1 is 1.43 bits per heavy atom. The molecule has 2 heterocycles. The Morgan fingerprint density at radius 2 is 2.24 bits per heavy atom. The van der Waals surface area contributed by atoms with Gasteiger partial charge in [-0.1, -0.05) is 0 Å². The van der Waals surface area contributed by atoms with Crippen molar-refractivity contribution in [1.82, 2.24) is 4.98 Å². The third-order valence-electron chi connectivity index (χ3n) is 4.06. The summed E-state index contributed by atoms with van der Waals surface area (Å²) in [5.41, 5.74) is 3.78. The molecular formula is C16H19FN2O2. The first-order valence-corrected chi connectivity index (χ1v) is 7.14. The SMILES string of the molecule is Cc1nc2ccc(F)cc2c(N2CCO[C@H](CO)C2)c1C. The Morgan fingerprint density at radius 3 is 3.00 bits per heavy atom. The van der Waals surface area contributed by atoms with E-state index in [1.54, 1.807) is 6.07 Å². The summed E-state index contributed by atoms with van der Waals surface area (Å²) < 4.78 is 19.2. The number of aromatic nitrogens is 1. The summed E-state index contributed by atoms with van der Waals surface area (Å²) in [5.74, 6) is -0.263. The molecule has 3 rings (SSSR count). The fraction of sp³-hybridized carbons (Fsp3) is 0.438. The summed E-state index contributed by atoms with van der Waals surface area (Å²) in [6, 6.07) is 4.68. The molecule has 0 aliphatic carbocycles. The minimum absolute atomic E-state index is 0.00803. The van der Waals surface area contributed by atoms with Gasteiger partial charge in [0.1, 0.15) is 5.82 Å². The molecular weight excluding hydrogens is 271 g/mol. The molecule has 1 fully saturated rings. The first-order valence-electron chi connectivity index (χ1n) is 7.14. The highest BCUT2D eigenvalue weighted by Gasteiger charge is 2.23. The maximum Gasteiger partial charge on any atom is 0.124 e. The maximum absolute atomic E-state index is 13.6. The number of nitrogens with zero attached hydrogens (tertiary/aromatic N) is 2. The number of anilines is 1. The van der Waals surface area contributed by atoms with Crippen LogP contribution >= 0.6 is 0 Å². The van der Waals surface area contributed by atoms with Crippen molar-refractivity contribution in [1.29, 1.82) is 0 Å². The smallest absolute Gasteiger partial charge is 0.124 e. The number of benzene rings is 1. The summed E-state index contributed by atoms with van der Waals surface area (Å²) in [4.78, 5) is 6.70. The molecule has 1 aromatic heterocycles. The largest absolute Gasteiger partial charge is 0.394 e. The van der Waals surface area contributed by atoms with Crippen molar-refractivity contribution in [3.8, 4) is 0 Å². The van der Waals surface area contributed by atoms with Crippen LogP contribution in [0.4, 0.5) is 10.1 Å². The third kappa shape index (κ3) is 2.59. The van der Waals surface area contributed by atoms with E-state index in [0.29, 0.717) is 13.2 Å². The molecule has 5 heteroatoms. The predicted octanol–water partition coefficient (Wildman–Crippen LogP) is 2.19. The van der Waals surface area contributed by atoms with Crippen LogP contribution in [0.1, 0.15) is 11.3 Å². The summed E-state index contributed by atoms with van der Waals surface area (Å²) >= 11 is 0. The molecule has 0 unspecified atom stereocenters. The molecule has 0 radical (unpaired) electrons. The van der Waals surface area contributed by atoms with Crippen LogP contribution in [-0.2, 0) is 4.74 Å². The van der Waals surface area contributed by atoms with Gasteiger partial charge in [0, 0.05) is 24.2 Å². The maximum atomic E-state index is 13.6. The Labute approximate surface area is 123 Å². The highest BCUT2D eigenvalue weighted by atomic mass is 19.1. The van der Waals surface area contributed by atoms with Crippen LogP contribution in [-0.4, -0.2) is 42.5 Å². The van der Waals surface area contributed by atoms with Gasteiger partial charge < -0.3 is 14.7 Å². The molecule has 2 aromatic rings. The fourth-order valence-corrected chi connectivity index (χ4v) is 2.87. The Kier molecular flexibility index (Phi) is 3.78. The number of morpholine rings is 1. The number of aryl methyl sites for hydroxylation is 1. The van der Waals surface area contributed by atoms with E-state index in [1.807, 2.05) is 13.8 Å². The zero-order chi connectivity index (χ0) is 15.0. The average molecular weight is 290 g/mol. The lowest BCUT2D eigenvalue weighted by Crippen LogP contribution is -2.44.